The van der Waals surface area contributed by atoms with Gasteiger partial charge in [0.25, 0.3) is 0 Å². The molecule has 0 N–H and O–H groups in total. The number of halogens is 1. The summed E-state index contributed by atoms with van der Waals surface area (Å²) in [6.07, 6.45) is 5.03. The molecule has 4 nitrogen and oxygen atoms in total. The second-order valence-electron chi connectivity index (χ2n) is 9.65. The summed E-state index contributed by atoms with van der Waals surface area (Å²) in [6.45, 7) is 6.63. The fourth-order valence-electron chi connectivity index (χ4n) is 4.87. The lowest BCUT2D eigenvalue weighted by molar-refractivity contribution is -0.124. The number of allylic oxidation sites excluding steroid dienone is 2. The first-order chi connectivity index (χ1) is 16.9. The summed E-state index contributed by atoms with van der Waals surface area (Å²) >= 11 is 5.62. The molecule has 1 heterocycles. The van der Waals surface area contributed by atoms with Crippen molar-refractivity contribution in [1.29, 1.82) is 0 Å². The molecule has 0 aromatic heterocycles. The molecule has 2 fully saturated rings. The SMILES string of the molecule is Cc1ccc(C2CC(=O)C(=CCCCN3CCN(C(=S)Cc4ccc(F)cc4)CC3)C(=O)C2)cc1. The van der Waals surface area contributed by atoms with Gasteiger partial charge < -0.3 is 4.90 Å². The highest BCUT2D eigenvalue weighted by atomic mass is 32.1. The molecule has 0 spiro atoms. The number of carbonyl (C=O) groups excluding carboxylic acids is 2. The Morgan fingerprint density at radius 1 is 0.971 bits per heavy atom. The summed E-state index contributed by atoms with van der Waals surface area (Å²) in [6, 6.07) is 14.7. The number of rotatable bonds is 7. The van der Waals surface area contributed by atoms with E-state index in [0.29, 0.717) is 24.8 Å². The molecule has 2 aromatic carbocycles. The van der Waals surface area contributed by atoms with Crippen molar-refractivity contribution in [3.63, 3.8) is 0 Å². The van der Waals surface area contributed by atoms with Crippen molar-refractivity contribution in [2.24, 2.45) is 0 Å². The van der Waals surface area contributed by atoms with Crippen LogP contribution in [0.1, 0.15) is 48.3 Å². The molecular weight excluding hydrogens is 459 g/mol. The van der Waals surface area contributed by atoms with E-state index in [1.807, 2.05) is 37.3 Å². The van der Waals surface area contributed by atoms with E-state index in [4.69, 9.17) is 12.2 Å². The van der Waals surface area contributed by atoms with Crippen molar-refractivity contribution in [2.75, 3.05) is 32.7 Å². The normalized spacial score (nSPS) is 19.2. The molecule has 184 valence electrons. The Morgan fingerprint density at radius 3 is 2.23 bits per heavy atom. The number of carbonyl (C=O) groups is 2. The molecule has 0 radical (unpaired) electrons. The Bertz CT molecular complexity index is 1070. The van der Waals surface area contributed by atoms with Crippen molar-refractivity contribution in [3.8, 4) is 0 Å². The van der Waals surface area contributed by atoms with E-state index in [1.54, 1.807) is 12.1 Å². The van der Waals surface area contributed by atoms with Gasteiger partial charge in [0.1, 0.15) is 5.82 Å². The first kappa shape index (κ1) is 25.4. The maximum atomic E-state index is 13.1. The van der Waals surface area contributed by atoms with Crippen molar-refractivity contribution >= 4 is 28.8 Å². The average Bonchev–Trinajstić information content (AvgIpc) is 2.85. The van der Waals surface area contributed by atoms with Gasteiger partial charge in [0.05, 0.1) is 10.6 Å². The van der Waals surface area contributed by atoms with Crippen LogP contribution in [0.15, 0.2) is 60.2 Å². The molecule has 1 saturated heterocycles. The molecule has 1 saturated carbocycles. The number of hydrogen-bond donors (Lipinski definition) is 0. The molecule has 6 heteroatoms. The third-order valence-corrected chi connectivity index (χ3v) is 7.44. The maximum Gasteiger partial charge on any atom is 0.166 e. The highest BCUT2D eigenvalue weighted by Crippen LogP contribution is 2.32. The fourth-order valence-corrected chi connectivity index (χ4v) is 5.22. The third kappa shape index (κ3) is 6.92. The average molecular weight is 493 g/mol. The molecule has 0 bridgehead atoms. The van der Waals surface area contributed by atoms with Gasteiger partial charge in [0.15, 0.2) is 11.6 Å². The molecule has 4 rings (SSSR count). The topological polar surface area (TPSA) is 40.6 Å². The third-order valence-electron chi connectivity index (χ3n) is 7.03. The van der Waals surface area contributed by atoms with E-state index in [2.05, 4.69) is 9.80 Å². The van der Waals surface area contributed by atoms with E-state index in [1.165, 1.54) is 17.7 Å². The summed E-state index contributed by atoms with van der Waals surface area (Å²) in [7, 11) is 0. The van der Waals surface area contributed by atoms with Crippen molar-refractivity contribution in [3.05, 3.63) is 82.7 Å². The number of benzene rings is 2. The zero-order chi connectivity index (χ0) is 24.8. The summed E-state index contributed by atoms with van der Waals surface area (Å²) in [5.41, 5.74) is 3.69. The Hall–Kier alpha value is -2.70. The number of hydrogen-bond acceptors (Lipinski definition) is 4. The minimum Gasteiger partial charge on any atom is -0.363 e. The van der Waals surface area contributed by atoms with E-state index >= 15 is 0 Å². The molecule has 2 aliphatic rings. The Labute approximate surface area is 212 Å². The highest BCUT2D eigenvalue weighted by molar-refractivity contribution is 7.80. The van der Waals surface area contributed by atoms with Gasteiger partial charge in [-0.15, -0.1) is 0 Å². The Balaban J connectivity index is 1.18. The summed E-state index contributed by atoms with van der Waals surface area (Å²) in [4.78, 5) is 30.9. The van der Waals surface area contributed by atoms with Gasteiger partial charge in [-0.05, 0) is 55.5 Å². The number of aryl methyl sites for hydroxylation is 1. The minimum absolute atomic E-state index is 0.00168. The predicted molar refractivity (Wildman–Crippen MR) is 141 cm³/mol. The van der Waals surface area contributed by atoms with Crippen LogP contribution in [0.25, 0.3) is 0 Å². The Kier molecular flexibility index (Phi) is 8.58. The number of unbranched alkanes of at least 4 members (excludes halogenated alkanes) is 1. The molecule has 2 aromatic rings. The largest absolute Gasteiger partial charge is 0.363 e. The van der Waals surface area contributed by atoms with E-state index in [0.717, 1.165) is 61.7 Å². The number of thiocarbonyl (C=S) groups is 1. The van der Waals surface area contributed by atoms with E-state index < -0.39 is 0 Å². The standard InChI is InChI=1S/C29H33FN2O2S/c1-21-5-9-23(10-6-21)24-19-27(33)26(28(34)20-24)4-2-3-13-31-14-16-32(17-15-31)29(35)18-22-7-11-25(30)12-8-22/h4-12,24H,2-3,13-20H2,1H3. The number of Topliss-reactive ketones (excluding diaryl/α,β-unsaturated/α-hetero) is 2. The molecule has 0 unspecified atom stereocenters. The van der Waals surface area contributed by atoms with Crippen molar-refractivity contribution < 1.29 is 14.0 Å². The quantitative estimate of drug-likeness (QED) is 0.234. The van der Waals surface area contributed by atoms with E-state index in [9.17, 15) is 14.0 Å². The number of nitrogens with zero attached hydrogens (tertiary/aromatic N) is 2. The van der Waals surface area contributed by atoms with Gasteiger partial charge in [-0.3, -0.25) is 14.5 Å². The molecule has 0 atom stereocenters. The first-order valence-electron chi connectivity index (χ1n) is 12.5. The lowest BCUT2D eigenvalue weighted by Gasteiger charge is -2.36. The van der Waals surface area contributed by atoms with Crippen LogP contribution in [0.3, 0.4) is 0 Å². The zero-order valence-corrected chi connectivity index (χ0v) is 21.2. The lowest BCUT2D eigenvalue weighted by atomic mass is 9.79. The van der Waals surface area contributed by atoms with Gasteiger partial charge in [-0.25, -0.2) is 4.39 Å². The lowest BCUT2D eigenvalue weighted by Crippen LogP contribution is -2.48. The number of ketones is 2. The van der Waals surface area contributed by atoms with Crippen molar-refractivity contribution in [1.82, 2.24) is 9.80 Å². The Morgan fingerprint density at radius 2 is 1.60 bits per heavy atom. The van der Waals surface area contributed by atoms with Crippen LogP contribution in [0.5, 0.6) is 0 Å². The molecule has 1 aliphatic carbocycles. The van der Waals surface area contributed by atoms with Gasteiger partial charge in [-0.1, -0.05) is 60.3 Å². The summed E-state index contributed by atoms with van der Waals surface area (Å²) in [5, 5.41) is 0. The number of piperazine rings is 1. The second kappa shape index (κ2) is 11.8. The fraction of sp³-hybridized carbons (Fsp3) is 0.414. The molecule has 35 heavy (non-hydrogen) atoms. The highest BCUT2D eigenvalue weighted by Gasteiger charge is 2.31. The van der Waals surface area contributed by atoms with Gasteiger partial charge >= 0.3 is 0 Å². The van der Waals surface area contributed by atoms with Crippen LogP contribution >= 0.6 is 12.2 Å². The first-order valence-corrected chi connectivity index (χ1v) is 12.9. The predicted octanol–water partition coefficient (Wildman–Crippen LogP) is 5.04. The van der Waals surface area contributed by atoms with Crippen LogP contribution in [0, 0.1) is 12.7 Å². The van der Waals surface area contributed by atoms with Crippen molar-refractivity contribution in [2.45, 2.75) is 44.9 Å². The van der Waals surface area contributed by atoms with Gasteiger partial charge in [0, 0.05) is 45.4 Å². The van der Waals surface area contributed by atoms with Crippen LogP contribution in [0.4, 0.5) is 4.39 Å². The second-order valence-corrected chi connectivity index (χ2v) is 10.1. The maximum absolute atomic E-state index is 13.1. The van der Waals surface area contributed by atoms with Gasteiger partial charge in [-0.2, -0.15) is 0 Å². The summed E-state index contributed by atoms with van der Waals surface area (Å²) < 4.78 is 13.1. The summed E-state index contributed by atoms with van der Waals surface area (Å²) in [5.74, 6) is -0.268. The zero-order valence-electron chi connectivity index (χ0n) is 20.3. The van der Waals surface area contributed by atoms with E-state index in [-0.39, 0.29) is 23.3 Å². The van der Waals surface area contributed by atoms with Crippen LogP contribution in [-0.2, 0) is 16.0 Å². The smallest absolute Gasteiger partial charge is 0.166 e. The molecule has 1 aliphatic heterocycles. The molecular formula is C29H33FN2O2S. The van der Waals surface area contributed by atoms with Crippen LogP contribution in [-0.4, -0.2) is 59.1 Å². The van der Waals surface area contributed by atoms with Gasteiger partial charge in [0.2, 0.25) is 0 Å². The monoisotopic (exact) mass is 492 g/mol. The molecule has 0 amide bonds. The van der Waals surface area contributed by atoms with Crippen LogP contribution in [0.2, 0.25) is 0 Å². The minimum atomic E-state index is -0.229. The van der Waals surface area contributed by atoms with Crippen LogP contribution < -0.4 is 0 Å².